The largest absolute Gasteiger partial charge is 0.393 e. The van der Waals surface area contributed by atoms with Gasteiger partial charge in [0.05, 0.1) is 17.9 Å². The SMILES string of the molecule is CC(O)CCN(C)CCn1cnc2ccsc2c1=O. The second-order valence-corrected chi connectivity index (χ2v) is 5.74. The minimum atomic E-state index is -0.283. The van der Waals surface area contributed by atoms with Crippen LogP contribution in [-0.2, 0) is 6.54 Å². The molecule has 2 aromatic rings. The Morgan fingerprint density at radius 2 is 2.32 bits per heavy atom. The number of rotatable bonds is 6. The van der Waals surface area contributed by atoms with Crippen LogP contribution < -0.4 is 5.56 Å². The van der Waals surface area contributed by atoms with Crippen LogP contribution in [0.3, 0.4) is 0 Å². The Morgan fingerprint density at radius 3 is 3.05 bits per heavy atom. The standard InChI is InChI=1S/C13H19N3O2S/c1-10(17)3-5-15(2)6-7-16-9-14-11-4-8-19-12(11)13(16)18/h4,8-10,17H,3,5-7H2,1-2H3. The zero-order chi connectivity index (χ0) is 13.8. The Hall–Kier alpha value is -1.24. The van der Waals surface area contributed by atoms with Gasteiger partial charge in [0.1, 0.15) is 4.70 Å². The van der Waals surface area contributed by atoms with Gasteiger partial charge in [0.15, 0.2) is 0 Å². The number of aliphatic hydroxyl groups excluding tert-OH is 1. The Labute approximate surface area is 116 Å². The molecule has 0 aliphatic heterocycles. The van der Waals surface area contributed by atoms with E-state index in [1.54, 1.807) is 17.8 Å². The number of aromatic nitrogens is 2. The highest BCUT2D eigenvalue weighted by Crippen LogP contribution is 2.12. The van der Waals surface area contributed by atoms with Crippen molar-refractivity contribution in [1.82, 2.24) is 14.5 Å². The van der Waals surface area contributed by atoms with Crippen LogP contribution in [0.5, 0.6) is 0 Å². The van der Waals surface area contributed by atoms with Crippen LogP contribution in [0.1, 0.15) is 13.3 Å². The maximum absolute atomic E-state index is 12.1. The number of hydrogen-bond donors (Lipinski definition) is 1. The molecule has 2 rings (SSSR count). The van der Waals surface area contributed by atoms with Crippen LogP contribution in [0, 0.1) is 0 Å². The molecule has 104 valence electrons. The van der Waals surface area contributed by atoms with E-state index in [1.807, 2.05) is 18.5 Å². The van der Waals surface area contributed by atoms with E-state index in [1.165, 1.54) is 11.3 Å². The van der Waals surface area contributed by atoms with Crippen LogP contribution in [0.25, 0.3) is 10.2 Å². The summed E-state index contributed by atoms with van der Waals surface area (Å²) in [6.45, 7) is 4.00. The predicted octanol–water partition coefficient (Wildman–Crippen LogP) is 1.16. The minimum Gasteiger partial charge on any atom is -0.393 e. The van der Waals surface area contributed by atoms with Crippen molar-refractivity contribution in [2.75, 3.05) is 20.1 Å². The molecule has 5 nitrogen and oxygen atoms in total. The summed E-state index contributed by atoms with van der Waals surface area (Å²) in [6.07, 6.45) is 2.07. The average molecular weight is 281 g/mol. The number of nitrogens with zero attached hydrogens (tertiary/aromatic N) is 3. The van der Waals surface area contributed by atoms with Gasteiger partial charge in [-0.25, -0.2) is 4.98 Å². The first-order valence-electron chi connectivity index (χ1n) is 6.37. The van der Waals surface area contributed by atoms with E-state index in [0.29, 0.717) is 11.2 Å². The fourth-order valence-corrected chi connectivity index (χ4v) is 2.63. The molecule has 0 aliphatic rings. The maximum atomic E-state index is 12.1. The van der Waals surface area contributed by atoms with Gasteiger partial charge in [-0.15, -0.1) is 11.3 Å². The number of likely N-dealkylation sites (N-methyl/N-ethyl adjacent to an activating group) is 1. The highest BCUT2D eigenvalue weighted by molar-refractivity contribution is 7.17. The lowest BCUT2D eigenvalue weighted by Crippen LogP contribution is -2.30. The van der Waals surface area contributed by atoms with Gasteiger partial charge in [0.25, 0.3) is 5.56 Å². The van der Waals surface area contributed by atoms with Crippen molar-refractivity contribution in [3.05, 3.63) is 28.1 Å². The molecule has 1 N–H and O–H groups in total. The van der Waals surface area contributed by atoms with E-state index in [2.05, 4.69) is 9.88 Å². The van der Waals surface area contributed by atoms with Gasteiger partial charge in [-0.05, 0) is 31.8 Å². The normalized spacial score (nSPS) is 13.3. The van der Waals surface area contributed by atoms with Gasteiger partial charge >= 0.3 is 0 Å². The summed E-state index contributed by atoms with van der Waals surface area (Å²) in [4.78, 5) is 18.5. The van der Waals surface area contributed by atoms with Gasteiger partial charge in [-0.2, -0.15) is 0 Å². The van der Waals surface area contributed by atoms with E-state index in [0.717, 1.165) is 25.0 Å². The first-order valence-corrected chi connectivity index (χ1v) is 7.25. The van der Waals surface area contributed by atoms with Crippen LogP contribution in [0.2, 0.25) is 0 Å². The smallest absolute Gasteiger partial charge is 0.271 e. The Bertz CT molecular complexity index is 591. The first kappa shape index (κ1) is 14.2. The average Bonchev–Trinajstić information content (AvgIpc) is 2.84. The molecule has 1 atom stereocenters. The quantitative estimate of drug-likeness (QED) is 0.863. The minimum absolute atomic E-state index is 0.0314. The summed E-state index contributed by atoms with van der Waals surface area (Å²) in [5.74, 6) is 0. The molecule has 2 heterocycles. The van der Waals surface area contributed by atoms with Gasteiger partial charge in [-0.3, -0.25) is 9.36 Å². The van der Waals surface area contributed by atoms with E-state index in [4.69, 9.17) is 0 Å². The summed E-state index contributed by atoms with van der Waals surface area (Å²) in [5.41, 5.74) is 0.803. The molecule has 6 heteroatoms. The molecule has 0 saturated heterocycles. The van der Waals surface area contributed by atoms with E-state index >= 15 is 0 Å². The summed E-state index contributed by atoms with van der Waals surface area (Å²) < 4.78 is 2.37. The summed E-state index contributed by atoms with van der Waals surface area (Å²) in [7, 11) is 1.99. The monoisotopic (exact) mass is 281 g/mol. The number of hydrogen-bond acceptors (Lipinski definition) is 5. The highest BCUT2D eigenvalue weighted by atomic mass is 32.1. The topological polar surface area (TPSA) is 58.4 Å². The Kier molecular flexibility index (Phi) is 4.68. The van der Waals surface area contributed by atoms with E-state index in [-0.39, 0.29) is 11.7 Å². The fraction of sp³-hybridized carbons (Fsp3) is 0.538. The second-order valence-electron chi connectivity index (χ2n) is 4.82. The van der Waals surface area contributed by atoms with Crippen LogP contribution in [0.15, 0.2) is 22.6 Å². The van der Waals surface area contributed by atoms with Crippen molar-refractivity contribution in [2.24, 2.45) is 0 Å². The number of fused-ring (bicyclic) bond motifs is 1. The van der Waals surface area contributed by atoms with Crippen molar-refractivity contribution in [2.45, 2.75) is 26.0 Å². The molecule has 0 fully saturated rings. The van der Waals surface area contributed by atoms with Crippen molar-refractivity contribution < 1.29 is 5.11 Å². The van der Waals surface area contributed by atoms with Gasteiger partial charge in [0.2, 0.25) is 0 Å². The van der Waals surface area contributed by atoms with Crippen LogP contribution in [-0.4, -0.2) is 45.8 Å². The number of thiophene rings is 1. The lowest BCUT2D eigenvalue weighted by atomic mass is 10.3. The first-order chi connectivity index (χ1) is 9.08. The van der Waals surface area contributed by atoms with Crippen LogP contribution >= 0.6 is 11.3 Å². The van der Waals surface area contributed by atoms with Crippen molar-refractivity contribution in [1.29, 1.82) is 0 Å². The lowest BCUT2D eigenvalue weighted by Gasteiger charge is -2.17. The van der Waals surface area contributed by atoms with E-state index in [9.17, 15) is 9.90 Å². The third kappa shape index (κ3) is 3.62. The van der Waals surface area contributed by atoms with E-state index < -0.39 is 0 Å². The molecule has 0 saturated carbocycles. The molecule has 0 amide bonds. The summed E-state index contributed by atoms with van der Waals surface area (Å²) in [5, 5.41) is 11.1. The Morgan fingerprint density at radius 1 is 1.53 bits per heavy atom. The molecule has 0 radical (unpaired) electrons. The molecular weight excluding hydrogens is 262 g/mol. The predicted molar refractivity (Wildman–Crippen MR) is 77.7 cm³/mol. The molecule has 2 aromatic heterocycles. The zero-order valence-electron chi connectivity index (χ0n) is 11.2. The zero-order valence-corrected chi connectivity index (χ0v) is 12.1. The molecular formula is C13H19N3O2S. The van der Waals surface area contributed by atoms with Crippen molar-refractivity contribution in [3.8, 4) is 0 Å². The molecule has 0 aromatic carbocycles. The third-order valence-corrected chi connectivity index (χ3v) is 3.98. The van der Waals surface area contributed by atoms with Gasteiger partial charge in [-0.1, -0.05) is 0 Å². The maximum Gasteiger partial charge on any atom is 0.271 e. The van der Waals surface area contributed by atoms with Crippen LogP contribution in [0.4, 0.5) is 0 Å². The summed E-state index contributed by atoms with van der Waals surface area (Å²) >= 11 is 1.43. The fourth-order valence-electron chi connectivity index (χ4n) is 1.84. The second kappa shape index (κ2) is 6.27. The Balaban J connectivity index is 1.98. The van der Waals surface area contributed by atoms with Gasteiger partial charge < -0.3 is 10.0 Å². The summed E-state index contributed by atoms with van der Waals surface area (Å²) in [6, 6.07) is 1.86. The molecule has 0 spiro atoms. The molecule has 19 heavy (non-hydrogen) atoms. The third-order valence-electron chi connectivity index (χ3n) is 3.09. The van der Waals surface area contributed by atoms with Crippen molar-refractivity contribution in [3.63, 3.8) is 0 Å². The molecule has 0 bridgehead atoms. The lowest BCUT2D eigenvalue weighted by molar-refractivity contribution is 0.163. The van der Waals surface area contributed by atoms with Gasteiger partial charge in [0, 0.05) is 19.6 Å². The van der Waals surface area contributed by atoms with Crippen molar-refractivity contribution >= 4 is 21.6 Å². The molecule has 0 aliphatic carbocycles. The number of aliphatic hydroxyl groups is 1. The highest BCUT2D eigenvalue weighted by Gasteiger charge is 2.06. The molecule has 1 unspecified atom stereocenters.